The van der Waals surface area contributed by atoms with Gasteiger partial charge in [-0.1, -0.05) is 13.8 Å². The van der Waals surface area contributed by atoms with Crippen molar-refractivity contribution in [2.75, 3.05) is 0 Å². The third-order valence-electron chi connectivity index (χ3n) is 9.13. The van der Waals surface area contributed by atoms with Gasteiger partial charge in [0.05, 0.1) is 0 Å². The fourth-order valence-corrected chi connectivity index (χ4v) is 7.68. The molecule has 2 N–H and O–H groups in total. The zero-order valence-electron chi connectivity index (χ0n) is 17.5. The van der Waals surface area contributed by atoms with Gasteiger partial charge in [0.15, 0.2) is 5.78 Å². The Kier molecular flexibility index (Phi) is 4.59. The molecule has 0 amide bonds. The van der Waals surface area contributed by atoms with Crippen molar-refractivity contribution in [2.45, 2.75) is 90.4 Å². The number of carbonyl (C=O) groups excluding carboxylic acids is 2. The van der Waals surface area contributed by atoms with Gasteiger partial charge in [-0.3, -0.25) is 9.59 Å². The average molecular weight is 391 g/mol. The molecular formula is C23H34O5. The molecular weight excluding hydrogens is 356 g/mol. The second-order valence-corrected chi connectivity index (χ2v) is 10.3. The predicted molar refractivity (Wildman–Crippen MR) is 104 cm³/mol. The van der Waals surface area contributed by atoms with Crippen LogP contribution in [0.3, 0.4) is 0 Å². The summed E-state index contributed by atoms with van der Waals surface area (Å²) >= 11 is 0. The SMILES string of the molecule is CC(=O)OC1CCC2(C)C(CCC3C2CCC2(C)C(C(C)=O)=CC(O)C32O)C1. The van der Waals surface area contributed by atoms with E-state index in [1.165, 1.54) is 13.8 Å². The van der Waals surface area contributed by atoms with Crippen molar-refractivity contribution in [1.29, 1.82) is 0 Å². The number of fused-ring (bicyclic) bond motifs is 5. The molecule has 28 heavy (non-hydrogen) atoms. The van der Waals surface area contributed by atoms with Gasteiger partial charge in [-0.2, -0.15) is 0 Å². The number of aliphatic hydroxyl groups excluding tert-OH is 1. The summed E-state index contributed by atoms with van der Waals surface area (Å²) in [5.74, 6) is 0.524. The van der Waals surface area contributed by atoms with Crippen LogP contribution in [-0.2, 0) is 14.3 Å². The summed E-state index contributed by atoms with van der Waals surface area (Å²) < 4.78 is 5.51. The lowest BCUT2D eigenvalue weighted by Gasteiger charge is -2.63. The third-order valence-corrected chi connectivity index (χ3v) is 9.13. The average Bonchev–Trinajstić information content (AvgIpc) is 2.83. The largest absolute Gasteiger partial charge is 0.463 e. The number of hydrogen-bond acceptors (Lipinski definition) is 5. The van der Waals surface area contributed by atoms with Crippen molar-refractivity contribution in [3.05, 3.63) is 11.6 Å². The lowest BCUT2D eigenvalue weighted by atomic mass is 9.43. The fourth-order valence-electron chi connectivity index (χ4n) is 7.68. The van der Waals surface area contributed by atoms with Gasteiger partial charge >= 0.3 is 5.97 Å². The zero-order valence-corrected chi connectivity index (χ0v) is 17.5. The van der Waals surface area contributed by atoms with Crippen molar-refractivity contribution in [3.63, 3.8) is 0 Å². The maximum Gasteiger partial charge on any atom is 0.302 e. The van der Waals surface area contributed by atoms with Gasteiger partial charge in [-0.05, 0) is 81.1 Å². The highest BCUT2D eigenvalue weighted by Gasteiger charge is 2.68. The monoisotopic (exact) mass is 390 g/mol. The summed E-state index contributed by atoms with van der Waals surface area (Å²) in [6.07, 6.45) is 6.89. The van der Waals surface area contributed by atoms with E-state index < -0.39 is 17.1 Å². The van der Waals surface area contributed by atoms with Gasteiger partial charge in [0, 0.05) is 17.9 Å². The van der Waals surface area contributed by atoms with Gasteiger partial charge < -0.3 is 14.9 Å². The molecule has 4 aliphatic carbocycles. The maximum atomic E-state index is 12.2. The second-order valence-electron chi connectivity index (χ2n) is 10.3. The minimum absolute atomic E-state index is 0.00659. The molecule has 0 bridgehead atoms. The van der Waals surface area contributed by atoms with Crippen LogP contribution in [0.25, 0.3) is 0 Å². The minimum Gasteiger partial charge on any atom is -0.463 e. The molecule has 0 aromatic carbocycles. The molecule has 0 aromatic heterocycles. The molecule has 0 aliphatic heterocycles. The highest BCUT2D eigenvalue weighted by molar-refractivity contribution is 5.96. The molecule has 5 heteroatoms. The van der Waals surface area contributed by atoms with Crippen molar-refractivity contribution >= 4 is 11.8 Å². The maximum absolute atomic E-state index is 12.2. The van der Waals surface area contributed by atoms with Crippen LogP contribution >= 0.6 is 0 Å². The number of ether oxygens (including phenoxy) is 1. The normalized spacial score (nSPS) is 50.1. The smallest absolute Gasteiger partial charge is 0.302 e. The van der Waals surface area contributed by atoms with Gasteiger partial charge in [0.1, 0.15) is 17.8 Å². The molecule has 0 aromatic rings. The Morgan fingerprint density at radius 1 is 1.07 bits per heavy atom. The molecule has 8 atom stereocenters. The third kappa shape index (κ3) is 2.51. The highest BCUT2D eigenvalue weighted by Crippen LogP contribution is 2.67. The van der Waals surface area contributed by atoms with Crippen LogP contribution in [0.15, 0.2) is 11.6 Å². The first kappa shape index (κ1) is 20.1. The van der Waals surface area contributed by atoms with Crippen molar-refractivity contribution in [1.82, 2.24) is 0 Å². The van der Waals surface area contributed by atoms with E-state index in [1.54, 1.807) is 6.08 Å². The first-order valence-electron chi connectivity index (χ1n) is 10.8. The van der Waals surface area contributed by atoms with E-state index in [1.807, 2.05) is 6.92 Å². The van der Waals surface area contributed by atoms with Crippen molar-refractivity contribution < 1.29 is 24.5 Å². The molecule has 0 radical (unpaired) electrons. The lowest BCUT2D eigenvalue weighted by Crippen LogP contribution is -2.65. The molecule has 0 spiro atoms. The first-order valence-corrected chi connectivity index (χ1v) is 10.8. The molecule has 156 valence electrons. The quantitative estimate of drug-likeness (QED) is 0.708. The standard InChI is InChI=1S/C23H34O5/c1-13(24)19-12-20(26)23(27)18-6-5-15-11-16(28-14(2)25)7-9-21(15,3)17(18)8-10-22(19,23)4/h12,15-18,20,26-27H,5-11H2,1-4H3. The molecule has 0 saturated heterocycles. The Labute approximate surface area is 167 Å². The van der Waals surface area contributed by atoms with Crippen LogP contribution in [0.1, 0.15) is 72.6 Å². The van der Waals surface area contributed by atoms with Gasteiger partial charge in [-0.25, -0.2) is 0 Å². The number of esters is 1. The topological polar surface area (TPSA) is 83.8 Å². The Hall–Kier alpha value is -1.20. The van der Waals surface area contributed by atoms with E-state index in [9.17, 15) is 19.8 Å². The van der Waals surface area contributed by atoms with Gasteiger partial charge in [0.25, 0.3) is 0 Å². The van der Waals surface area contributed by atoms with E-state index in [2.05, 4.69) is 6.92 Å². The summed E-state index contributed by atoms with van der Waals surface area (Å²) in [4.78, 5) is 23.6. The number of hydrogen-bond donors (Lipinski definition) is 2. The number of Topliss-reactive ketones (excluding diaryl/α,β-unsaturated/α-hetero) is 1. The van der Waals surface area contributed by atoms with Gasteiger partial charge in [-0.15, -0.1) is 0 Å². The Morgan fingerprint density at radius 3 is 2.43 bits per heavy atom. The van der Waals surface area contributed by atoms with Crippen LogP contribution < -0.4 is 0 Å². The minimum atomic E-state index is -1.27. The number of carbonyl (C=O) groups is 2. The van der Waals surface area contributed by atoms with Crippen LogP contribution in [0.2, 0.25) is 0 Å². The molecule has 4 rings (SSSR count). The summed E-state index contributed by atoms with van der Waals surface area (Å²) in [7, 11) is 0. The Balaban J connectivity index is 1.63. The number of rotatable bonds is 2. The zero-order chi connectivity index (χ0) is 20.5. The number of ketones is 1. The molecule has 3 fully saturated rings. The first-order chi connectivity index (χ1) is 13.0. The van der Waals surface area contributed by atoms with Gasteiger partial charge in [0.2, 0.25) is 0 Å². The summed E-state index contributed by atoms with van der Waals surface area (Å²) in [6, 6.07) is 0. The Bertz CT molecular complexity index is 729. The van der Waals surface area contributed by atoms with Crippen LogP contribution in [0.5, 0.6) is 0 Å². The second kappa shape index (κ2) is 6.40. The van der Waals surface area contributed by atoms with Crippen molar-refractivity contribution in [3.8, 4) is 0 Å². The van der Waals surface area contributed by atoms with E-state index in [0.717, 1.165) is 44.9 Å². The van der Waals surface area contributed by atoms with Crippen molar-refractivity contribution in [2.24, 2.45) is 28.6 Å². The molecule has 0 heterocycles. The molecule has 5 nitrogen and oxygen atoms in total. The highest BCUT2D eigenvalue weighted by atomic mass is 16.5. The Morgan fingerprint density at radius 2 is 1.79 bits per heavy atom. The molecule has 3 saturated carbocycles. The number of aliphatic hydroxyl groups is 2. The molecule has 4 aliphatic rings. The van der Waals surface area contributed by atoms with Crippen LogP contribution in [0.4, 0.5) is 0 Å². The van der Waals surface area contributed by atoms with E-state index in [-0.39, 0.29) is 29.2 Å². The summed E-state index contributed by atoms with van der Waals surface area (Å²) in [6.45, 7) is 7.32. The van der Waals surface area contributed by atoms with Crippen LogP contribution in [0, 0.1) is 28.6 Å². The lowest BCUT2D eigenvalue weighted by molar-refractivity contribution is -0.227. The van der Waals surface area contributed by atoms with E-state index in [4.69, 9.17) is 4.74 Å². The summed E-state index contributed by atoms with van der Waals surface area (Å²) in [5, 5.41) is 22.8. The van der Waals surface area contributed by atoms with E-state index >= 15 is 0 Å². The fraction of sp³-hybridized carbons (Fsp3) is 0.826. The molecule has 8 unspecified atom stereocenters. The predicted octanol–water partition coefficient (Wildman–Crippen LogP) is 3.17. The van der Waals surface area contributed by atoms with Crippen LogP contribution in [-0.4, -0.2) is 39.8 Å². The van der Waals surface area contributed by atoms with E-state index in [0.29, 0.717) is 17.4 Å². The summed E-state index contributed by atoms with van der Waals surface area (Å²) in [5.41, 5.74) is -1.25.